The Hall–Kier alpha value is -0.760. The van der Waals surface area contributed by atoms with E-state index < -0.39 is 0 Å². The third kappa shape index (κ3) is 1.27. The first-order valence-corrected chi connectivity index (χ1v) is 4.74. The van der Waals surface area contributed by atoms with Gasteiger partial charge in [0.2, 0.25) is 0 Å². The van der Waals surface area contributed by atoms with Crippen molar-refractivity contribution in [2.24, 2.45) is 11.7 Å². The van der Waals surface area contributed by atoms with Crippen LogP contribution in [0.1, 0.15) is 25.3 Å². The molecule has 2 unspecified atom stereocenters. The molecule has 2 heteroatoms. The summed E-state index contributed by atoms with van der Waals surface area (Å²) in [7, 11) is 0. The third-order valence-electron chi connectivity index (χ3n) is 2.93. The van der Waals surface area contributed by atoms with Gasteiger partial charge in [-0.05, 0) is 37.4 Å². The highest BCUT2D eigenvalue weighted by Gasteiger charge is 2.26. The van der Waals surface area contributed by atoms with Crippen LogP contribution in [0, 0.1) is 5.92 Å². The van der Waals surface area contributed by atoms with Gasteiger partial charge in [-0.3, -0.25) is 0 Å². The van der Waals surface area contributed by atoms with Crippen LogP contribution < -0.4 is 5.73 Å². The summed E-state index contributed by atoms with van der Waals surface area (Å²) < 4.78 is 2.31. The van der Waals surface area contributed by atoms with Crippen molar-refractivity contribution in [3.05, 3.63) is 24.5 Å². The van der Waals surface area contributed by atoms with Gasteiger partial charge < -0.3 is 10.3 Å². The van der Waals surface area contributed by atoms with Crippen molar-refractivity contribution < 1.29 is 0 Å². The van der Waals surface area contributed by atoms with Crippen molar-refractivity contribution in [2.45, 2.75) is 25.3 Å². The molecule has 1 fully saturated rings. The minimum Gasteiger partial charge on any atom is -0.351 e. The van der Waals surface area contributed by atoms with Crippen molar-refractivity contribution >= 4 is 0 Å². The van der Waals surface area contributed by atoms with Crippen molar-refractivity contribution in [3.8, 4) is 0 Å². The predicted octanol–water partition coefficient (Wildman–Crippen LogP) is 1.79. The molecular weight excluding hydrogens is 148 g/mol. The van der Waals surface area contributed by atoms with Gasteiger partial charge in [-0.1, -0.05) is 6.42 Å². The molecule has 2 N–H and O–H groups in total. The van der Waals surface area contributed by atoms with Crippen LogP contribution in [0.2, 0.25) is 0 Å². The standard InChI is InChI=1S/C10H16N2/c11-8-9-4-3-5-10(9)12-6-1-2-7-12/h1-2,6-7,9-10H,3-5,8,11H2. The normalized spacial score (nSPS) is 29.4. The van der Waals surface area contributed by atoms with Crippen LogP contribution in [0.3, 0.4) is 0 Å². The van der Waals surface area contributed by atoms with Gasteiger partial charge in [-0.25, -0.2) is 0 Å². The first kappa shape index (κ1) is 7.87. The van der Waals surface area contributed by atoms with Gasteiger partial charge in [0, 0.05) is 18.4 Å². The number of rotatable bonds is 2. The van der Waals surface area contributed by atoms with Crippen molar-refractivity contribution in [3.63, 3.8) is 0 Å². The minimum absolute atomic E-state index is 0.671. The van der Waals surface area contributed by atoms with Crippen LogP contribution in [-0.4, -0.2) is 11.1 Å². The Morgan fingerprint density at radius 2 is 2.00 bits per heavy atom. The van der Waals surface area contributed by atoms with Crippen molar-refractivity contribution in [2.75, 3.05) is 6.54 Å². The maximum absolute atomic E-state index is 5.72. The van der Waals surface area contributed by atoms with Gasteiger partial charge in [0.25, 0.3) is 0 Å². The summed E-state index contributed by atoms with van der Waals surface area (Å²) in [6.45, 7) is 0.836. The Labute approximate surface area is 73.4 Å². The fraction of sp³-hybridized carbons (Fsp3) is 0.600. The molecule has 1 aliphatic rings. The van der Waals surface area contributed by atoms with E-state index in [-0.39, 0.29) is 0 Å². The molecular formula is C10H16N2. The molecule has 0 aliphatic heterocycles. The molecule has 1 aliphatic carbocycles. The van der Waals surface area contributed by atoms with Gasteiger partial charge in [0.05, 0.1) is 0 Å². The SMILES string of the molecule is NCC1CCCC1n1cccc1. The maximum Gasteiger partial charge on any atom is 0.0370 e. The highest BCUT2D eigenvalue weighted by atomic mass is 15.0. The molecule has 1 heterocycles. The lowest BCUT2D eigenvalue weighted by atomic mass is 10.0. The molecule has 1 saturated carbocycles. The van der Waals surface area contributed by atoms with Gasteiger partial charge in [-0.15, -0.1) is 0 Å². The van der Waals surface area contributed by atoms with Crippen LogP contribution in [0.4, 0.5) is 0 Å². The Kier molecular flexibility index (Phi) is 2.17. The molecule has 2 rings (SSSR count). The molecule has 0 spiro atoms. The summed E-state index contributed by atoms with van der Waals surface area (Å²) in [5, 5.41) is 0. The van der Waals surface area contributed by atoms with E-state index in [0.717, 1.165) is 6.54 Å². The second kappa shape index (κ2) is 3.31. The average Bonchev–Trinajstić information content (AvgIpc) is 2.74. The van der Waals surface area contributed by atoms with Crippen LogP contribution >= 0.6 is 0 Å². The predicted molar refractivity (Wildman–Crippen MR) is 49.9 cm³/mol. The zero-order valence-corrected chi connectivity index (χ0v) is 7.32. The lowest BCUT2D eigenvalue weighted by Crippen LogP contribution is -2.20. The third-order valence-corrected chi connectivity index (χ3v) is 2.93. The molecule has 2 nitrogen and oxygen atoms in total. The quantitative estimate of drug-likeness (QED) is 0.709. The second-order valence-electron chi connectivity index (χ2n) is 3.62. The monoisotopic (exact) mass is 164 g/mol. The van der Waals surface area contributed by atoms with Crippen LogP contribution in [-0.2, 0) is 0 Å². The molecule has 12 heavy (non-hydrogen) atoms. The summed E-state index contributed by atoms with van der Waals surface area (Å²) in [5.41, 5.74) is 5.72. The number of hydrogen-bond acceptors (Lipinski definition) is 1. The van der Waals surface area contributed by atoms with Crippen molar-refractivity contribution in [1.29, 1.82) is 0 Å². The summed E-state index contributed by atoms with van der Waals surface area (Å²) >= 11 is 0. The van der Waals surface area contributed by atoms with E-state index in [9.17, 15) is 0 Å². The zero-order chi connectivity index (χ0) is 8.39. The first-order chi connectivity index (χ1) is 5.92. The minimum atomic E-state index is 0.671. The van der Waals surface area contributed by atoms with Gasteiger partial charge in [-0.2, -0.15) is 0 Å². The highest BCUT2D eigenvalue weighted by molar-refractivity contribution is 4.96. The molecule has 66 valence electrons. The zero-order valence-electron chi connectivity index (χ0n) is 7.32. The van der Waals surface area contributed by atoms with E-state index in [1.165, 1.54) is 19.3 Å². The second-order valence-corrected chi connectivity index (χ2v) is 3.62. The van der Waals surface area contributed by atoms with E-state index >= 15 is 0 Å². The Morgan fingerprint density at radius 1 is 1.25 bits per heavy atom. The molecule has 0 radical (unpaired) electrons. The van der Waals surface area contributed by atoms with E-state index in [0.29, 0.717) is 12.0 Å². The van der Waals surface area contributed by atoms with Crippen LogP contribution in [0.25, 0.3) is 0 Å². The Balaban J connectivity index is 2.13. The maximum atomic E-state index is 5.72. The van der Waals surface area contributed by atoms with E-state index in [1.807, 2.05) is 0 Å². The fourth-order valence-corrected chi connectivity index (χ4v) is 2.25. The molecule has 0 aromatic carbocycles. The number of aromatic nitrogens is 1. The molecule has 1 aromatic rings. The van der Waals surface area contributed by atoms with E-state index in [2.05, 4.69) is 29.1 Å². The number of hydrogen-bond donors (Lipinski definition) is 1. The lowest BCUT2D eigenvalue weighted by Gasteiger charge is -2.19. The largest absolute Gasteiger partial charge is 0.351 e. The molecule has 0 saturated heterocycles. The first-order valence-electron chi connectivity index (χ1n) is 4.74. The van der Waals surface area contributed by atoms with Gasteiger partial charge >= 0.3 is 0 Å². The average molecular weight is 164 g/mol. The smallest absolute Gasteiger partial charge is 0.0370 e. The number of nitrogens with two attached hydrogens (primary N) is 1. The topological polar surface area (TPSA) is 30.9 Å². The van der Waals surface area contributed by atoms with E-state index in [4.69, 9.17) is 5.73 Å². The lowest BCUT2D eigenvalue weighted by molar-refractivity contribution is 0.388. The molecule has 2 atom stereocenters. The number of nitrogens with zero attached hydrogens (tertiary/aromatic N) is 1. The van der Waals surface area contributed by atoms with Gasteiger partial charge in [0.1, 0.15) is 0 Å². The highest BCUT2D eigenvalue weighted by Crippen LogP contribution is 2.34. The fourth-order valence-electron chi connectivity index (χ4n) is 2.25. The van der Waals surface area contributed by atoms with Gasteiger partial charge in [0.15, 0.2) is 0 Å². The molecule has 0 bridgehead atoms. The van der Waals surface area contributed by atoms with Crippen molar-refractivity contribution in [1.82, 2.24) is 4.57 Å². The Bertz CT molecular complexity index is 228. The molecule has 1 aromatic heterocycles. The van der Waals surface area contributed by atoms with Crippen LogP contribution in [0.5, 0.6) is 0 Å². The summed E-state index contributed by atoms with van der Waals surface area (Å²) in [6, 6.07) is 4.85. The summed E-state index contributed by atoms with van der Waals surface area (Å²) in [5.74, 6) is 0.706. The van der Waals surface area contributed by atoms with E-state index in [1.54, 1.807) is 0 Å². The molecule has 0 amide bonds. The summed E-state index contributed by atoms with van der Waals surface area (Å²) in [6.07, 6.45) is 8.25. The Morgan fingerprint density at radius 3 is 2.67 bits per heavy atom. The van der Waals surface area contributed by atoms with Crippen LogP contribution in [0.15, 0.2) is 24.5 Å². The summed E-state index contributed by atoms with van der Waals surface area (Å²) in [4.78, 5) is 0.